The third-order valence-electron chi connectivity index (χ3n) is 3.31. The number of amides is 1. The van der Waals surface area contributed by atoms with Crippen molar-refractivity contribution in [3.63, 3.8) is 0 Å². The second kappa shape index (κ2) is 6.83. The van der Waals surface area contributed by atoms with Crippen molar-refractivity contribution in [1.29, 1.82) is 5.26 Å². The van der Waals surface area contributed by atoms with Crippen LogP contribution in [0.15, 0.2) is 24.3 Å². The maximum Gasteiger partial charge on any atom is 0.322 e. The topological polar surface area (TPSA) is 105 Å². The first kappa shape index (κ1) is 15.0. The van der Waals surface area contributed by atoms with E-state index >= 15 is 0 Å². The van der Waals surface area contributed by atoms with Gasteiger partial charge >= 0.3 is 5.97 Å². The molecule has 1 heterocycles. The van der Waals surface area contributed by atoms with Crippen molar-refractivity contribution in [2.75, 3.05) is 31.5 Å². The number of carbonyl (C=O) groups excluding carboxylic acids is 1. The van der Waals surface area contributed by atoms with Gasteiger partial charge in [0.05, 0.1) is 17.8 Å². The van der Waals surface area contributed by atoms with Crippen LogP contribution in [0.5, 0.6) is 0 Å². The Bertz CT molecular complexity index is 582. The number of anilines is 1. The molecule has 0 radical (unpaired) electrons. The van der Waals surface area contributed by atoms with Crippen LogP contribution in [0.3, 0.4) is 0 Å². The van der Waals surface area contributed by atoms with E-state index in [1.807, 2.05) is 6.07 Å². The van der Waals surface area contributed by atoms with Gasteiger partial charge in [0.15, 0.2) is 0 Å². The quantitative estimate of drug-likeness (QED) is 0.712. The van der Waals surface area contributed by atoms with Gasteiger partial charge in [0, 0.05) is 19.6 Å². The average molecular weight is 288 g/mol. The Labute approximate surface area is 122 Å². The summed E-state index contributed by atoms with van der Waals surface area (Å²) in [6.07, 6.45) is 0. The molecule has 0 aliphatic carbocycles. The molecule has 1 aromatic carbocycles. The molecule has 110 valence electrons. The van der Waals surface area contributed by atoms with E-state index in [-0.39, 0.29) is 12.5 Å². The Morgan fingerprint density at radius 3 is 2.95 bits per heavy atom. The van der Waals surface area contributed by atoms with Crippen molar-refractivity contribution in [2.24, 2.45) is 0 Å². The van der Waals surface area contributed by atoms with E-state index in [1.54, 1.807) is 29.2 Å². The third-order valence-corrected chi connectivity index (χ3v) is 3.31. The summed E-state index contributed by atoms with van der Waals surface area (Å²) in [4.78, 5) is 24.8. The van der Waals surface area contributed by atoms with Crippen LogP contribution in [0.1, 0.15) is 5.56 Å². The van der Waals surface area contributed by atoms with Crippen LogP contribution in [0.25, 0.3) is 0 Å². The Hall–Kier alpha value is -2.43. The van der Waals surface area contributed by atoms with Crippen LogP contribution in [0, 0.1) is 11.3 Å². The van der Waals surface area contributed by atoms with Gasteiger partial charge in [-0.3, -0.25) is 14.5 Å². The van der Waals surface area contributed by atoms with Crippen molar-refractivity contribution in [3.8, 4) is 6.07 Å². The molecule has 3 N–H and O–H groups in total. The van der Waals surface area contributed by atoms with Crippen molar-refractivity contribution in [1.82, 2.24) is 10.2 Å². The van der Waals surface area contributed by atoms with Gasteiger partial charge in [-0.05, 0) is 12.1 Å². The van der Waals surface area contributed by atoms with Crippen LogP contribution in [0.2, 0.25) is 0 Å². The van der Waals surface area contributed by atoms with Crippen LogP contribution < -0.4 is 10.6 Å². The van der Waals surface area contributed by atoms with Gasteiger partial charge in [0.25, 0.3) is 0 Å². The Kier molecular flexibility index (Phi) is 4.87. The second-order valence-electron chi connectivity index (χ2n) is 4.73. The maximum absolute atomic E-state index is 12.0. The van der Waals surface area contributed by atoms with Gasteiger partial charge in [-0.15, -0.1) is 0 Å². The summed E-state index contributed by atoms with van der Waals surface area (Å²) >= 11 is 0. The molecule has 1 aliphatic heterocycles. The number of aliphatic carboxylic acids is 1. The molecule has 1 fully saturated rings. The highest BCUT2D eigenvalue weighted by atomic mass is 16.4. The first-order valence-corrected chi connectivity index (χ1v) is 6.58. The lowest BCUT2D eigenvalue weighted by atomic mass is 10.2. The molecule has 1 unspecified atom stereocenters. The normalized spacial score (nSPS) is 18.7. The summed E-state index contributed by atoms with van der Waals surface area (Å²) in [5.41, 5.74) is 0.813. The number of hydrogen-bond donors (Lipinski definition) is 3. The number of hydrogen-bond acceptors (Lipinski definition) is 5. The molecule has 7 heteroatoms. The standard InChI is InChI=1S/C14H16N4O3/c15-7-10-3-1-2-4-11(10)17-13(19)9-18-6-5-16-8-12(18)14(20)21/h1-4,12,16H,5-6,8-9H2,(H,17,19)(H,20,21). The molecule has 1 aromatic rings. The number of piperazine rings is 1. The van der Waals surface area contributed by atoms with E-state index in [2.05, 4.69) is 10.6 Å². The van der Waals surface area contributed by atoms with Gasteiger partial charge in [0.1, 0.15) is 12.1 Å². The minimum atomic E-state index is -0.951. The fraction of sp³-hybridized carbons (Fsp3) is 0.357. The first-order chi connectivity index (χ1) is 10.1. The van der Waals surface area contributed by atoms with Gasteiger partial charge in [-0.25, -0.2) is 0 Å². The number of para-hydroxylation sites is 1. The zero-order valence-electron chi connectivity index (χ0n) is 11.4. The van der Waals surface area contributed by atoms with Gasteiger partial charge < -0.3 is 15.7 Å². The van der Waals surface area contributed by atoms with Crippen LogP contribution in [-0.4, -0.2) is 54.1 Å². The Morgan fingerprint density at radius 2 is 2.24 bits per heavy atom. The Balaban J connectivity index is 2.01. The smallest absolute Gasteiger partial charge is 0.322 e. The van der Waals surface area contributed by atoms with E-state index in [0.29, 0.717) is 30.9 Å². The lowest BCUT2D eigenvalue weighted by Gasteiger charge is -2.32. The number of nitrogens with one attached hydrogen (secondary N) is 2. The predicted octanol–water partition coefficient (Wildman–Crippen LogP) is -0.145. The average Bonchev–Trinajstić information content (AvgIpc) is 2.48. The predicted molar refractivity (Wildman–Crippen MR) is 75.7 cm³/mol. The minimum absolute atomic E-state index is 0.0155. The maximum atomic E-state index is 12.0. The highest BCUT2D eigenvalue weighted by Crippen LogP contribution is 2.13. The molecular weight excluding hydrogens is 272 g/mol. The third kappa shape index (κ3) is 3.78. The molecule has 0 saturated carbocycles. The number of nitriles is 1. The fourth-order valence-corrected chi connectivity index (χ4v) is 2.24. The minimum Gasteiger partial charge on any atom is -0.480 e. The summed E-state index contributed by atoms with van der Waals surface area (Å²) in [5, 5.41) is 23.7. The van der Waals surface area contributed by atoms with Crippen molar-refractivity contribution >= 4 is 17.6 Å². The number of benzene rings is 1. The summed E-state index contributed by atoms with van der Waals surface area (Å²) in [6, 6.07) is 7.98. The van der Waals surface area contributed by atoms with Crippen molar-refractivity contribution in [3.05, 3.63) is 29.8 Å². The van der Waals surface area contributed by atoms with Crippen LogP contribution >= 0.6 is 0 Å². The summed E-state index contributed by atoms with van der Waals surface area (Å²) in [6.45, 7) is 1.44. The molecule has 1 aliphatic rings. The molecule has 2 rings (SSSR count). The molecule has 1 saturated heterocycles. The van der Waals surface area contributed by atoms with Crippen LogP contribution in [-0.2, 0) is 9.59 Å². The van der Waals surface area contributed by atoms with Gasteiger partial charge in [-0.1, -0.05) is 12.1 Å². The monoisotopic (exact) mass is 288 g/mol. The largest absolute Gasteiger partial charge is 0.480 e. The summed E-state index contributed by atoms with van der Waals surface area (Å²) in [5.74, 6) is -1.28. The van der Waals surface area contributed by atoms with Crippen molar-refractivity contribution in [2.45, 2.75) is 6.04 Å². The molecule has 1 atom stereocenters. The van der Waals surface area contributed by atoms with Crippen LogP contribution in [0.4, 0.5) is 5.69 Å². The second-order valence-corrected chi connectivity index (χ2v) is 4.73. The van der Waals surface area contributed by atoms with E-state index in [9.17, 15) is 9.59 Å². The van der Waals surface area contributed by atoms with Gasteiger partial charge in [-0.2, -0.15) is 5.26 Å². The fourth-order valence-electron chi connectivity index (χ4n) is 2.24. The molecular formula is C14H16N4O3. The molecule has 7 nitrogen and oxygen atoms in total. The lowest BCUT2D eigenvalue weighted by molar-refractivity contribution is -0.144. The summed E-state index contributed by atoms with van der Waals surface area (Å²) < 4.78 is 0. The van der Waals surface area contributed by atoms with Gasteiger partial charge in [0.2, 0.25) is 5.91 Å². The SMILES string of the molecule is N#Cc1ccccc1NC(=O)CN1CCNCC1C(=O)O. The zero-order chi connectivity index (χ0) is 15.2. The van der Waals surface area contributed by atoms with E-state index < -0.39 is 12.0 Å². The number of carboxylic acids is 1. The zero-order valence-corrected chi connectivity index (χ0v) is 11.4. The van der Waals surface area contributed by atoms with E-state index in [0.717, 1.165) is 0 Å². The van der Waals surface area contributed by atoms with E-state index in [4.69, 9.17) is 10.4 Å². The number of rotatable bonds is 4. The number of carbonyl (C=O) groups is 2. The molecule has 0 spiro atoms. The first-order valence-electron chi connectivity index (χ1n) is 6.58. The highest BCUT2D eigenvalue weighted by molar-refractivity contribution is 5.93. The number of carboxylic acid groups (broad SMARTS) is 1. The molecule has 21 heavy (non-hydrogen) atoms. The highest BCUT2D eigenvalue weighted by Gasteiger charge is 2.29. The Morgan fingerprint density at radius 1 is 1.48 bits per heavy atom. The molecule has 1 amide bonds. The lowest BCUT2D eigenvalue weighted by Crippen LogP contribution is -2.56. The summed E-state index contributed by atoms with van der Waals surface area (Å²) in [7, 11) is 0. The van der Waals surface area contributed by atoms with E-state index in [1.165, 1.54) is 0 Å². The molecule has 0 bridgehead atoms. The van der Waals surface area contributed by atoms with Crippen molar-refractivity contribution < 1.29 is 14.7 Å². The molecule has 0 aromatic heterocycles. The number of nitrogens with zero attached hydrogens (tertiary/aromatic N) is 2.